The first-order chi connectivity index (χ1) is 5.74. The summed E-state index contributed by atoms with van der Waals surface area (Å²) in [6.45, 7) is 1.11. The van der Waals surface area contributed by atoms with Crippen molar-refractivity contribution in [2.75, 3.05) is 13.7 Å². The van der Waals surface area contributed by atoms with Crippen molar-refractivity contribution in [3.05, 3.63) is 0 Å². The van der Waals surface area contributed by atoms with Crippen LogP contribution in [-0.4, -0.2) is 25.7 Å². The summed E-state index contributed by atoms with van der Waals surface area (Å²) in [5, 5.41) is 3.37. The van der Waals surface area contributed by atoms with E-state index in [9.17, 15) is 4.79 Å². The molecular formula is C9H15NO2. The Bertz CT molecular complexity index is 199. The molecule has 1 atom stereocenters. The number of ether oxygens (including phenoxy) is 1. The van der Waals surface area contributed by atoms with Crippen molar-refractivity contribution in [2.24, 2.45) is 5.41 Å². The minimum atomic E-state index is -0.0924. The van der Waals surface area contributed by atoms with E-state index in [-0.39, 0.29) is 5.97 Å². The number of rotatable bonds is 2. The second kappa shape index (κ2) is 2.73. The van der Waals surface area contributed by atoms with Crippen LogP contribution in [0.25, 0.3) is 0 Å². The molecule has 0 aromatic carbocycles. The molecule has 0 aromatic heterocycles. The van der Waals surface area contributed by atoms with Gasteiger partial charge in [0.25, 0.3) is 0 Å². The highest BCUT2D eigenvalue weighted by atomic mass is 16.5. The number of esters is 1. The van der Waals surface area contributed by atoms with E-state index >= 15 is 0 Å². The van der Waals surface area contributed by atoms with Crippen LogP contribution in [0.3, 0.4) is 0 Å². The maximum Gasteiger partial charge on any atom is 0.307 e. The van der Waals surface area contributed by atoms with Gasteiger partial charge >= 0.3 is 5.97 Å². The first-order valence-electron chi connectivity index (χ1n) is 4.54. The van der Waals surface area contributed by atoms with Crippen molar-refractivity contribution in [1.29, 1.82) is 0 Å². The van der Waals surface area contributed by atoms with Gasteiger partial charge in [-0.3, -0.25) is 4.79 Å². The van der Waals surface area contributed by atoms with Crippen LogP contribution in [0.5, 0.6) is 0 Å². The van der Waals surface area contributed by atoms with Gasteiger partial charge in [-0.15, -0.1) is 0 Å². The van der Waals surface area contributed by atoms with Crippen molar-refractivity contribution < 1.29 is 9.53 Å². The van der Waals surface area contributed by atoms with E-state index < -0.39 is 0 Å². The van der Waals surface area contributed by atoms with Crippen LogP contribution in [0.2, 0.25) is 0 Å². The van der Waals surface area contributed by atoms with Gasteiger partial charge in [0.15, 0.2) is 0 Å². The molecule has 3 heteroatoms. The largest absolute Gasteiger partial charge is 0.469 e. The molecule has 2 aliphatic rings. The zero-order valence-electron chi connectivity index (χ0n) is 7.43. The van der Waals surface area contributed by atoms with Gasteiger partial charge in [0, 0.05) is 12.6 Å². The predicted octanol–water partition coefficient (Wildman–Crippen LogP) is 0.692. The van der Waals surface area contributed by atoms with Gasteiger partial charge < -0.3 is 10.1 Å². The predicted molar refractivity (Wildman–Crippen MR) is 44.7 cm³/mol. The standard InChI is InChI=1S/C9H15NO2/c1-12-8(11)4-7-5-9(2-3-9)6-10-7/h7,10H,2-6H2,1H3/t7-/m1/s1. The summed E-state index contributed by atoms with van der Waals surface area (Å²) in [6, 6.07) is 0.375. The summed E-state index contributed by atoms with van der Waals surface area (Å²) >= 11 is 0. The van der Waals surface area contributed by atoms with Gasteiger partial charge in [-0.25, -0.2) is 0 Å². The molecule has 1 aliphatic heterocycles. The van der Waals surface area contributed by atoms with Crippen LogP contribution in [0, 0.1) is 5.41 Å². The van der Waals surface area contributed by atoms with Crippen molar-refractivity contribution >= 4 is 5.97 Å². The van der Waals surface area contributed by atoms with Crippen LogP contribution < -0.4 is 5.32 Å². The van der Waals surface area contributed by atoms with E-state index in [0.29, 0.717) is 17.9 Å². The van der Waals surface area contributed by atoms with Crippen molar-refractivity contribution in [2.45, 2.75) is 31.7 Å². The molecule has 2 fully saturated rings. The van der Waals surface area contributed by atoms with E-state index in [1.807, 2.05) is 0 Å². The van der Waals surface area contributed by atoms with Gasteiger partial charge in [-0.2, -0.15) is 0 Å². The Morgan fingerprint density at radius 1 is 1.67 bits per heavy atom. The molecule has 3 nitrogen and oxygen atoms in total. The molecule has 1 heterocycles. The fraction of sp³-hybridized carbons (Fsp3) is 0.889. The maximum absolute atomic E-state index is 10.9. The summed E-state index contributed by atoms with van der Waals surface area (Å²) in [4.78, 5) is 10.9. The third-order valence-electron chi connectivity index (χ3n) is 3.04. The summed E-state index contributed by atoms with van der Waals surface area (Å²) in [5.41, 5.74) is 0.582. The molecule has 68 valence electrons. The second-order valence-electron chi connectivity index (χ2n) is 4.06. The highest BCUT2D eigenvalue weighted by molar-refractivity contribution is 5.70. The Kier molecular flexibility index (Phi) is 1.83. The molecule has 0 unspecified atom stereocenters. The summed E-state index contributed by atoms with van der Waals surface area (Å²) in [7, 11) is 1.45. The molecule has 1 saturated carbocycles. The SMILES string of the molecule is COC(=O)C[C@@H]1CC2(CC2)CN1. The van der Waals surface area contributed by atoms with E-state index in [4.69, 9.17) is 0 Å². The minimum Gasteiger partial charge on any atom is -0.469 e. The Morgan fingerprint density at radius 2 is 2.42 bits per heavy atom. The van der Waals surface area contributed by atoms with Gasteiger partial charge in [0.05, 0.1) is 13.5 Å². The number of carbonyl (C=O) groups excluding carboxylic acids is 1. The minimum absolute atomic E-state index is 0.0924. The molecule has 0 amide bonds. The Balaban J connectivity index is 1.80. The van der Waals surface area contributed by atoms with Crippen LogP contribution in [0.15, 0.2) is 0 Å². The van der Waals surface area contributed by atoms with Gasteiger partial charge in [-0.05, 0) is 24.7 Å². The van der Waals surface area contributed by atoms with Crippen molar-refractivity contribution in [3.63, 3.8) is 0 Å². The first-order valence-corrected chi connectivity index (χ1v) is 4.54. The number of hydrogen-bond donors (Lipinski definition) is 1. The summed E-state index contributed by atoms with van der Waals surface area (Å²) in [5.74, 6) is -0.0924. The molecule has 0 aromatic rings. The van der Waals surface area contributed by atoms with E-state index in [2.05, 4.69) is 10.1 Å². The zero-order chi connectivity index (χ0) is 8.60. The highest BCUT2D eigenvalue weighted by Gasteiger charge is 2.48. The van der Waals surface area contributed by atoms with Crippen LogP contribution in [0.1, 0.15) is 25.7 Å². The number of carbonyl (C=O) groups is 1. The average Bonchev–Trinajstić information content (AvgIpc) is 2.68. The Labute approximate surface area is 72.5 Å². The van der Waals surface area contributed by atoms with Crippen molar-refractivity contribution in [1.82, 2.24) is 5.32 Å². The monoisotopic (exact) mass is 169 g/mol. The molecule has 2 rings (SSSR count). The second-order valence-corrected chi connectivity index (χ2v) is 4.06. The van der Waals surface area contributed by atoms with Crippen LogP contribution >= 0.6 is 0 Å². The molecule has 12 heavy (non-hydrogen) atoms. The quantitative estimate of drug-likeness (QED) is 0.618. The molecule has 0 radical (unpaired) electrons. The first kappa shape index (κ1) is 8.05. The molecular weight excluding hydrogens is 154 g/mol. The fourth-order valence-corrected chi connectivity index (χ4v) is 2.01. The summed E-state index contributed by atoms with van der Waals surface area (Å²) in [6.07, 6.45) is 4.40. The fourth-order valence-electron chi connectivity index (χ4n) is 2.01. The van der Waals surface area contributed by atoms with Gasteiger partial charge in [0.1, 0.15) is 0 Å². The zero-order valence-corrected chi connectivity index (χ0v) is 7.43. The maximum atomic E-state index is 10.9. The molecule has 1 saturated heterocycles. The number of nitrogens with one attached hydrogen (secondary N) is 1. The molecule has 0 bridgehead atoms. The smallest absolute Gasteiger partial charge is 0.307 e. The molecule has 1 aliphatic carbocycles. The lowest BCUT2D eigenvalue weighted by molar-refractivity contribution is -0.141. The Hall–Kier alpha value is -0.570. The van der Waals surface area contributed by atoms with Crippen molar-refractivity contribution in [3.8, 4) is 0 Å². The molecule has 1 N–H and O–H groups in total. The Morgan fingerprint density at radius 3 is 2.92 bits per heavy atom. The van der Waals surface area contributed by atoms with Gasteiger partial charge in [0.2, 0.25) is 0 Å². The topological polar surface area (TPSA) is 38.3 Å². The summed E-state index contributed by atoms with van der Waals surface area (Å²) < 4.78 is 4.62. The lowest BCUT2D eigenvalue weighted by atomic mass is 10.0. The number of hydrogen-bond acceptors (Lipinski definition) is 3. The lowest BCUT2D eigenvalue weighted by Crippen LogP contribution is -2.24. The van der Waals surface area contributed by atoms with E-state index in [1.54, 1.807) is 0 Å². The van der Waals surface area contributed by atoms with Gasteiger partial charge in [-0.1, -0.05) is 0 Å². The average molecular weight is 169 g/mol. The number of methoxy groups -OCH3 is 1. The highest BCUT2D eigenvalue weighted by Crippen LogP contribution is 2.52. The van der Waals surface area contributed by atoms with Crippen LogP contribution in [0.4, 0.5) is 0 Å². The van der Waals surface area contributed by atoms with Crippen LogP contribution in [-0.2, 0) is 9.53 Å². The third-order valence-corrected chi connectivity index (χ3v) is 3.04. The van der Waals surface area contributed by atoms with E-state index in [1.165, 1.54) is 26.4 Å². The van der Waals surface area contributed by atoms with E-state index in [0.717, 1.165) is 6.54 Å². The molecule has 1 spiro atoms. The normalized spacial score (nSPS) is 30.6. The third kappa shape index (κ3) is 1.46. The lowest BCUT2D eigenvalue weighted by Gasteiger charge is -2.07.